The number of piperazine rings is 1. The van der Waals surface area contributed by atoms with Gasteiger partial charge in [0.2, 0.25) is 5.91 Å². The van der Waals surface area contributed by atoms with Crippen molar-refractivity contribution < 1.29 is 4.79 Å². The number of hydrogen-bond donors (Lipinski definition) is 0. The highest BCUT2D eigenvalue weighted by Gasteiger charge is 2.21. The fourth-order valence-corrected chi connectivity index (χ4v) is 3.56. The predicted molar refractivity (Wildman–Crippen MR) is 89.1 cm³/mol. The first-order valence-electron chi connectivity index (χ1n) is 7.42. The Hall–Kier alpha value is -1.23. The molecule has 1 aliphatic heterocycles. The number of thioether (sulfide) groups is 1. The second-order valence-corrected chi connectivity index (χ2v) is 8.42. The quantitative estimate of drug-likeness (QED) is 0.787. The molecule has 2 heterocycles. The summed E-state index contributed by atoms with van der Waals surface area (Å²) in [6.07, 6.45) is 1.97. The second-order valence-electron chi connectivity index (χ2n) is 6.52. The van der Waals surface area contributed by atoms with Gasteiger partial charge in [0.25, 0.3) is 0 Å². The van der Waals surface area contributed by atoms with Crippen molar-refractivity contribution in [3.63, 3.8) is 0 Å². The number of pyridine rings is 1. The average Bonchev–Trinajstić information content (AvgIpc) is 2.37. The van der Waals surface area contributed by atoms with Gasteiger partial charge in [0.1, 0.15) is 5.82 Å². The van der Waals surface area contributed by atoms with Crippen LogP contribution in [0.3, 0.4) is 0 Å². The number of nitrogens with zero attached hydrogens (tertiary/aromatic N) is 3. The molecule has 1 aromatic rings. The van der Waals surface area contributed by atoms with E-state index in [4.69, 9.17) is 0 Å². The predicted octanol–water partition coefficient (Wildman–Crippen LogP) is 2.95. The van der Waals surface area contributed by atoms with Crippen molar-refractivity contribution >= 4 is 23.5 Å². The molecule has 0 bridgehead atoms. The molecule has 0 radical (unpaired) electrons. The molecular formula is C16H25N3OS. The molecule has 0 atom stereocenters. The van der Waals surface area contributed by atoms with E-state index in [0.717, 1.165) is 32.0 Å². The van der Waals surface area contributed by atoms with E-state index in [0.29, 0.717) is 0 Å². The number of aryl methyl sites for hydroxylation is 1. The lowest BCUT2D eigenvalue weighted by atomic mass is 10.2. The first-order valence-corrected chi connectivity index (χ1v) is 8.24. The van der Waals surface area contributed by atoms with E-state index in [9.17, 15) is 4.79 Å². The summed E-state index contributed by atoms with van der Waals surface area (Å²) >= 11 is 1.84. The van der Waals surface area contributed by atoms with Crippen molar-refractivity contribution in [1.29, 1.82) is 0 Å². The van der Waals surface area contributed by atoms with E-state index >= 15 is 0 Å². The minimum Gasteiger partial charge on any atom is -0.353 e. The van der Waals surface area contributed by atoms with Crippen molar-refractivity contribution in [1.82, 2.24) is 9.88 Å². The zero-order chi connectivity index (χ0) is 15.6. The maximum atomic E-state index is 11.4. The number of aromatic nitrogens is 1. The Morgan fingerprint density at radius 3 is 2.33 bits per heavy atom. The van der Waals surface area contributed by atoms with Crippen LogP contribution in [0.25, 0.3) is 0 Å². The Kier molecular flexibility index (Phi) is 4.81. The summed E-state index contributed by atoms with van der Waals surface area (Å²) in [6, 6.07) is 2.22. The number of hydrogen-bond acceptors (Lipinski definition) is 4. The Bertz CT molecular complexity index is 517. The van der Waals surface area contributed by atoms with Gasteiger partial charge in [-0.05, 0) is 18.6 Å². The molecule has 1 aromatic heterocycles. The van der Waals surface area contributed by atoms with Gasteiger partial charge in [0.15, 0.2) is 0 Å². The van der Waals surface area contributed by atoms with Gasteiger partial charge in [-0.1, -0.05) is 20.8 Å². The summed E-state index contributed by atoms with van der Waals surface area (Å²) in [5.41, 5.74) is 1.21. The molecule has 0 aliphatic carbocycles. The van der Waals surface area contributed by atoms with Gasteiger partial charge in [-0.3, -0.25) is 4.79 Å². The van der Waals surface area contributed by atoms with Crippen LogP contribution in [0.5, 0.6) is 0 Å². The maximum Gasteiger partial charge on any atom is 0.219 e. The number of amides is 1. The summed E-state index contributed by atoms with van der Waals surface area (Å²) in [7, 11) is 0. The highest BCUT2D eigenvalue weighted by Crippen LogP contribution is 2.33. The lowest BCUT2D eigenvalue weighted by molar-refractivity contribution is -0.129. The topological polar surface area (TPSA) is 36.4 Å². The lowest BCUT2D eigenvalue weighted by Gasteiger charge is -2.35. The Morgan fingerprint density at radius 1 is 1.24 bits per heavy atom. The average molecular weight is 307 g/mol. The third-order valence-corrected chi connectivity index (χ3v) is 4.55. The van der Waals surface area contributed by atoms with Crippen LogP contribution >= 0.6 is 11.8 Å². The van der Waals surface area contributed by atoms with Gasteiger partial charge < -0.3 is 9.80 Å². The third kappa shape index (κ3) is 4.37. The monoisotopic (exact) mass is 307 g/mol. The molecule has 116 valence electrons. The van der Waals surface area contributed by atoms with E-state index in [1.165, 1.54) is 10.5 Å². The summed E-state index contributed by atoms with van der Waals surface area (Å²) in [5.74, 6) is 1.22. The van der Waals surface area contributed by atoms with Crippen LogP contribution in [0.4, 0.5) is 5.82 Å². The number of carbonyl (C=O) groups excluding carboxylic acids is 1. The second kappa shape index (κ2) is 6.26. The SMILES string of the molecule is CC(=O)N1CCN(c2ncc(SC(C)(C)C)cc2C)CC1. The summed E-state index contributed by atoms with van der Waals surface area (Å²) < 4.78 is 0.197. The normalized spacial score (nSPS) is 16.2. The first-order chi connectivity index (χ1) is 9.76. The summed E-state index contributed by atoms with van der Waals surface area (Å²) in [5, 5.41) is 0. The van der Waals surface area contributed by atoms with Crippen molar-refractivity contribution in [2.45, 2.75) is 44.3 Å². The van der Waals surface area contributed by atoms with E-state index in [1.807, 2.05) is 22.9 Å². The molecule has 1 amide bonds. The van der Waals surface area contributed by atoms with Gasteiger partial charge >= 0.3 is 0 Å². The fourth-order valence-electron chi connectivity index (χ4n) is 2.52. The van der Waals surface area contributed by atoms with Crippen LogP contribution in [0.1, 0.15) is 33.3 Å². The zero-order valence-corrected chi connectivity index (χ0v) is 14.5. The van der Waals surface area contributed by atoms with E-state index < -0.39 is 0 Å². The fraction of sp³-hybridized carbons (Fsp3) is 0.625. The third-order valence-electron chi connectivity index (χ3n) is 3.47. The van der Waals surface area contributed by atoms with Crippen LogP contribution in [-0.4, -0.2) is 46.7 Å². The van der Waals surface area contributed by atoms with E-state index in [1.54, 1.807) is 6.92 Å². The van der Waals surface area contributed by atoms with Gasteiger partial charge in [-0.15, -0.1) is 11.8 Å². The van der Waals surface area contributed by atoms with Crippen molar-refractivity contribution in [2.75, 3.05) is 31.1 Å². The molecule has 1 saturated heterocycles. The van der Waals surface area contributed by atoms with Crippen LogP contribution in [-0.2, 0) is 4.79 Å². The van der Waals surface area contributed by atoms with Crippen molar-refractivity contribution in [3.05, 3.63) is 17.8 Å². The molecule has 21 heavy (non-hydrogen) atoms. The van der Waals surface area contributed by atoms with Crippen LogP contribution < -0.4 is 4.90 Å². The van der Waals surface area contributed by atoms with Crippen molar-refractivity contribution in [2.24, 2.45) is 0 Å². The van der Waals surface area contributed by atoms with Crippen molar-refractivity contribution in [3.8, 4) is 0 Å². The first kappa shape index (κ1) is 16.1. The molecule has 1 aliphatic rings. The van der Waals surface area contributed by atoms with Crippen LogP contribution in [0.15, 0.2) is 17.2 Å². The zero-order valence-electron chi connectivity index (χ0n) is 13.6. The summed E-state index contributed by atoms with van der Waals surface area (Å²) in [6.45, 7) is 13.7. The van der Waals surface area contributed by atoms with Crippen LogP contribution in [0.2, 0.25) is 0 Å². The van der Waals surface area contributed by atoms with Crippen LogP contribution in [0, 0.1) is 6.92 Å². The van der Waals surface area contributed by atoms with Gasteiger partial charge in [-0.25, -0.2) is 4.98 Å². The molecule has 0 N–H and O–H groups in total. The van der Waals surface area contributed by atoms with Gasteiger partial charge in [0, 0.05) is 48.9 Å². The smallest absolute Gasteiger partial charge is 0.219 e. The molecule has 0 saturated carbocycles. The molecule has 0 aromatic carbocycles. The number of anilines is 1. The summed E-state index contributed by atoms with van der Waals surface area (Å²) in [4.78, 5) is 21.4. The Labute approximate surface area is 131 Å². The standard InChI is InChI=1S/C16H25N3OS/c1-12-10-14(21-16(3,4)5)11-17-15(12)19-8-6-18(7-9-19)13(2)20/h10-11H,6-9H2,1-5H3. The molecule has 2 rings (SSSR count). The van der Waals surface area contributed by atoms with Gasteiger partial charge in [0.05, 0.1) is 0 Å². The minimum absolute atomic E-state index is 0.163. The largest absolute Gasteiger partial charge is 0.353 e. The van der Waals surface area contributed by atoms with Gasteiger partial charge in [-0.2, -0.15) is 0 Å². The lowest BCUT2D eigenvalue weighted by Crippen LogP contribution is -2.48. The minimum atomic E-state index is 0.163. The Balaban J connectivity index is 2.06. The highest BCUT2D eigenvalue weighted by molar-refractivity contribution is 8.00. The Morgan fingerprint density at radius 2 is 1.86 bits per heavy atom. The van der Waals surface area contributed by atoms with E-state index in [-0.39, 0.29) is 10.7 Å². The number of rotatable bonds is 2. The number of carbonyl (C=O) groups is 1. The highest BCUT2D eigenvalue weighted by atomic mass is 32.2. The molecule has 5 heteroatoms. The molecule has 1 fully saturated rings. The molecule has 0 spiro atoms. The molecular weight excluding hydrogens is 282 g/mol. The maximum absolute atomic E-state index is 11.4. The molecule has 4 nitrogen and oxygen atoms in total. The van der Waals surface area contributed by atoms with E-state index in [2.05, 4.69) is 43.6 Å². The molecule has 0 unspecified atom stereocenters.